The van der Waals surface area contributed by atoms with Crippen molar-refractivity contribution in [2.45, 2.75) is 12.1 Å². The molecule has 7 nitrogen and oxygen atoms in total. The van der Waals surface area contributed by atoms with Gasteiger partial charge in [0.2, 0.25) is 0 Å². The zero-order chi connectivity index (χ0) is 15.6. The van der Waals surface area contributed by atoms with E-state index in [-0.39, 0.29) is 23.2 Å². The van der Waals surface area contributed by atoms with Crippen LogP contribution in [0.5, 0.6) is 0 Å². The van der Waals surface area contributed by atoms with E-state index in [9.17, 15) is 18.5 Å². The third-order valence-corrected chi connectivity index (χ3v) is 5.19. The Hall–Kier alpha value is -1.80. The Bertz CT molecular complexity index is 670. The molecule has 0 N–H and O–H groups in total. The van der Waals surface area contributed by atoms with E-state index in [1.165, 1.54) is 12.3 Å². The molecule has 0 amide bonds. The molecular formula is C13H17N3O4S. The number of rotatable bonds is 4. The Kier molecular flexibility index (Phi) is 4.38. The van der Waals surface area contributed by atoms with E-state index in [4.69, 9.17) is 0 Å². The maximum Gasteiger partial charge on any atom is 0.278 e. The van der Waals surface area contributed by atoms with Crippen molar-refractivity contribution in [1.29, 1.82) is 0 Å². The summed E-state index contributed by atoms with van der Waals surface area (Å²) in [5.41, 5.74) is 0.341. The predicted molar refractivity (Wildman–Crippen MR) is 80.6 cm³/mol. The molecule has 0 aromatic heterocycles. The summed E-state index contributed by atoms with van der Waals surface area (Å²) in [7, 11) is 0.499. The van der Waals surface area contributed by atoms with Crippen LogP contribution in [0.4, 0.5) is 5.69 Å². The van der Waals surface area contributed by atoms with Gasteiger partial charge in [-0.25, -0.2) is 8.42 Å². The van der Waals surface area contributed by atoms with E-state index >= 15 is 0 Å². The van der Waals surface area contributed by atoms with Crippen molar-refractivity contribution >= 4 is 21.7 Å². The first-order valence-corrected chi connectivity index (χ1v) is 8.26. The molecule has 114 valence electrons. The molecule has 1 heterocycles. The molecule has 0 aliphatic carbocycles. The van der Waals surface area contributed by atoms with Gasteiger partial charge in [-0.2, -0.15) is 0 Å². The van der Waals surface area contributed by atoms with Gasteiger partial charge in [-0.1, -0.05) is 12.1 Å². The lowest BCUT2D eigenvalue weighted by Gasteiger charge is -2.21. The average Bonchev–Trinajstić information content (AvgIpc) is 2.72. The highest BCUT2D eigenvalue weighted by Crippen LogP contribution is 2.21. The number of para-hydroxylation sites is 1. The largest absolute Gasteiger partial charge is 0.303 e. The molecule has 1 saturated heterocycles. The minimum absolute atomic E-state index is 0.0209. The van der Waals surface area contributed by atoms with Crippen LogP contribution in [-0.4, -0.2) is 62.1 Å². The van der Waals surface area contributed by atoms with Gasteiger partial charge >= 0.3 is 0 Å². The molecule has 2 rings (SSSR count). The molecule has 1 fully saturated rings. The van der Waals surface area contributed by atoms with Crippen molar-refractivity contribution in [3.63, 3.8) is 0 Å². The standard InChI is InChI=1S/C13H17N3O4S/c1-15(2)13-9-21(19,20)8-11(13)14-7-10-5-3-4-6-12(10)16(17)18/h3-7,11,13H,8-9H2,1-2H3. The summed E-state index contributed by atoms with van der Waals surface area (Å²) >= 11 is 0. The quantitative estimate of drug-likeness (QED) is 0.464. The highest BCUT2D eigenvalue weighted by atomic mass is 32.2. The monoisotopic (exact) mass is 311 g/mol. The van der Waals surface area contributed by atoms with E-state index in [2.05, 4.69) is 4.99 Å². The molecular weight excluding hydrogens is 294 g/mol. The molecule has 1 aromatic carbocycles. The zero-order valence-electron chi connectivity index (χ0n) is 11.8. The number of aliphatic imine (C=N–C) groups is 1. The maximum atomic E-state index is 11.7. The fourth-order valence-electron chi connectivity index (χ4n) is 2.39. The molecule has 0 radical (unpaired) electrons. The van der Waals surface area contributed by atoms with Crippen LogP contribution in [0.25, 0.3) is 0 Å². The van der Waals surface area contributed by atoms with Crippen molar-refractivity contribution in [2.75, 3.05) is 25.6 Å². The average molecular weight is 311 g/mol. The van der Waals surface area contributed by atoms with Crippen LogP contribution in [0, 0.1) is 10.1 Å². The number of sulfone groups is 1. The van der Waals surface area contributed by atoms with Gasteiger partial charge in [-0.3, -0.25) is 15.1 Å². The summed E-state index contributed by atoms with van der Waals surface area (Å²) in [6.07, 6.45) is 1.40. The Morgan fingerprint density at radius 3 is 2.62 bits per heavy atom. The number of hydrogen-bond donors (Lipinski definition) is 0. The summed E-state index contributed by atoms with van der Waals surface area (Å²) in [6, 6.07) is 5.66. The number of hydrogen-bond acceptors (Lipinski definition) is 6. The molecule has 0 saturated carbocycles. The second-order valence-corrected chi connectivity index (χ2v) is 7.42. The molecule has 21 heavy (non-hydrogen) atoms. The Morgan fingerprint density at radius 2 is 2.00 bits per heavy atom. The van der Waals surface area contributed by atoms with E-state index in [0.717, 1.165) is 0 Å². The smallest absolute Gasteiger partial charge is 0.278 e. The minimum Gasteiger partial charge on any atom is -0.303 e. The Labute approximate surface area is 123 Å². The molecule has 1 aliphatic heterocycles. The summed E-state index contributed by atoms with van der Waals surface area (Å²) in [4.78, 5) is 16.6. The van der Waals surface area contributed by atoms with Gasteiger partial charge in [0.25, 0.3) is 5.69 Å². The summed E-state index contributed by atoms with van der Waals surface area (Å²) < 4.78 is 23.5. The summed E-state index contributed by atoms with van der Waals surface area (Å²) in [6.45, 7) is 0. The molecule has 0 bridgehead atoms. The Morgan fingerprint density at radius 1 is 1.33 bits per heavy atom. The third kappa shape index (κ3) is 3.64. The number of benzene rings is 1. The second-order valence-electron chi connectivity index (χ2n) is 5.27. The van der Waals surface area contributed by atoms with Crippen LogP contribution < -0.4 is 0 Å². The lowest BCUT2D eigenvalue weighted by atomic mass is 10.1. The lowest BCUT2D eigenvalue weighted by molar-refractivity contribution is -0.385. The van der Waals surface area contributed by atoms with Crippen LogP contribution in [0.1, 0.15) is 5.56 Å². The first-order chi connectivity index (χ1) is 9.80. The van der Waals surface area contributed by atoms with Crippen LogP contribution >= 0.6 is 0 Å². The van der Waals surface area contributed by atoms with Gasteiger partial charge < -0.3 is 4.90 Å². The van der Waals surface area contributed by atoms with E-state index < -0.39 is 20.8 Å². The van der Waals surface area contributed by atoms with Crippen LogP contribution in [0.2, 0.25) is 0 Å². The Balaban J connectivity index is 2.27. The van der Waals surface area contributed by atoms with Crippen LogP contribution in [-0.2, 0) is 9.84 Å². The van der Waals surface area contributed by atoms with Crippen molar-refractivity contribution in [3.05, 3.63) is 39.9 Å². The van der Waals surface area contributed by atoms with Crippen LogP contribution in [0.3, 0.4) is 0 Å². The fraction of sp³-hybridized carbons (Fsp3) is 0.462. The van der Waals surface area contributed by atoms with E-state index in [0.29, 0.717) is 5.56 Å². The second kappa shape index (κ2) is 5.90. The molecule has 2 atom stereocenters. The summed E-state index contributed by atoms with van der Waals surface area (Å²) in [5, 5.41) is 10.9. The van der Waals surface area contributed by atoms with Crippen molar-refractivity contribution in [2.24, 2.45) is 4.99 Å². The molecule has 0 spiro atoms. The zero-order valence-corrected chi connectivity index (χ0v) is 12.7. The minimum atomic E-state index is -3.11. The van der Waals surface area contributed by atoms with E-state index in [1.54, 1.807) is 32.3 Å². The van der Waals surface area contributed by atoms with Gasteiger partial charge in [-0.15, -0.1) is 0 Å². The molecule has 1 aliphatic rings. The number of nitro benzene ring substituents is 1. The van der Waals surface area contributed by atoms with Crippen molar-refractivity contribution < 1.29 is 13.3 Å². The SMILES string of the molecule is CN(C)C1CS(=O)(=O)CC1N=Cc1ccccc1[N+](=O)[O-]. The number of likely N-dealkylation sites (N-methyl/N-ethyl adjacent to an activating group) is 1. The molecule has 8 heteroatoms. The predicted octanol–water partition coefficient (Wildman–Crippen LogP) is 0.741. The lowest BCUT2D eigenvalue weighted by Crippen LogP contribution is -2.37. The molecule has 1 aromatic rings. The van der Waals surface area contributed by atoms with Gasteiger partial charge in [0.15, 0.2) is 9.84 Å². The first-order valence-electron chi connectivity index (χ1n) is 6.43. The maximum absolute atomic E-state index is 11.7. The first kappa shape index (κ1) is 15.6. The van der Waals surface area contributed by atoms with Gasteiger partial charge in [-0.05, 0) is 20.2 Å². The van der Waals surface area contributed by atoms with Crippen molar-refractivity contribution in [1.82, 2.24) is 4.90 Å². The highest BCUT2D eigenvalue weighted by molar-refractivity contribution is 7.91. The fourth-order valence-corrected chi connectivity index (χ4v) is 4.39. The van der Waals surface area contributed by atoms with Gasteiger partial charge in [0, 0.05) is 18.3 Å². The van der Waals surface area contributed by atoms with Crippen molar-refractivity contribution in [3.8, 4) is 0 Å². The highest BCUT2D eigenvalue weighted by Gasteiger charge is 2.38. The number of nitro groups is 1. The molecule has 2 unspecified atom stereocenters. The normalized spacial score (nSPS) is 24.7. The topological polar surface area (TPSA) is 92.9 Å². The third-order valence-electron chi connectivity index (χ3n) is 3.50. The van der Waals surface area contributed by atoms with E-state index in [1.807, 2.05) is 4.90 Å². The van der Waals surface area contributed by atoms with Gasteiger partial charge in [0.1, 0.15) is 0 Å². The summed E-state index contributed by atoms with van der Waals surface area (Å²) in [5.74, 6) is 0.0475. The van der Waals surface area contributed by atoms with Crippen LogP contribution in [0.15, 0.2) is 29.3 Å². The van der Waals surface area contributed by atoms with Gasteiger partial charge in [0.05, 0.1) is 28.0 Å². The number of nitrogens with zero attached hydrogens (tertiary/aromatic N) is 3.